The first-order valence-electron chi connectivity index (χ1n) is 5.93. The van der Waals surface area contributed by atoms with Crippen molar-refractivity contribution in [2.45, 2.75) is 26.5 Å². The monoisotopic (exact) mass is 277 g/mol. The molecule has 0 aliphatic rings. The minimum absolute atomic E-state index is 0.0443. The Balaban J connectivity index is 2.01. The molecule has 0 aliphatic heterocycles. The van der Waals surface area contributed by atoms with Crippen LogP contribution in [0.4, 0.5) is 0 Å². The average Bonchev–Trinajstić information content (AvgIpc) is 2.90. The van der Waals surface area contributed by atoms with Crippen molar-refractivity contribution < 1.29 is 9.53 Å². The van der Waals surface area contributed by atoms with E-state index in [0.717, 1.165) is 5.56 Å². The third kappa shape index (κ3) is 3.75. The molecule has 2 heterocycles. The van der Waals surface area contributed by atoms with E-state index in [-0.39, 0.29) is 12.0 Å². The molecule has 5 nitrogen and oxygen atoms in total. The predicted molar refractivity (Wildman–Crippen MR) is 73.3 cm³/mol. The van der Waals surface area contributed by atoms with Gasteiger partial charge in [0.25, 0.3) is 5.91 Å². The number of thiazole rings is 1. The molecule has 0 saturated carbocycles. The fourth-order valence-corrected chi connectivity index (χ4v) is 2.01. The molecule has 2 aromatic heterocycles. The number of hydrogen-bond donors (Lipinski definition) is 1. The summed E-state index contributed by atoms with van der Waals surface area (Å²) >= 11 is 1.39. The van der Waals surface area contributed by atoms with Gasteiger partial charge in [-0.2, -0.15) is 0 Å². The van der Waals surface area contributed by atoms with Crippen LogP contribution in [0.25, 0.3) is 0 Å². The van der Waals surface area contributed by atoms with E-state index >= 15 is 0 Å². The number of aromatic nitrogens is 2. The summed E-state index contributed by atoms with van der Waals surface area (Å²) in [4.78, 5) is 19.9. The molecule has 19 heavy (non-hydrogen) atoms. The lowest BCUT2D eigenvalue weighted by Crippen LogP contribution is -2.23. The minimum Gasteiger partial charge on any atom is -0.475 e. The van der Waals surface area contributed by atoms with Gasteiger partial charge in [-0.1, -0.05) is 6.07 Å². The van der Waals surface area contributed by atoms with E-state index in [1.165, 1.54) is 11.3 Å². The second kappa shape index (κ2) is 6.29. The Hall–Kier alpha value is -1.95. The van der Waals surface area contributed by atoms with Gasteiger partial charge in [-0.3, -0.25) is 4.79 Å². The van der Waals surface area contributed by atoms with Crippen molar-refractivity contribution in [1.29, 1.82) is 0 Å². The summed E-state index contributed by atoms with van der Waals surface area (Å²) in [7, 11) is 0. The number of amides is 1. The van der Waals surface area contributed by atoms with Crippen LogP contribution in [0.3, 0.4) is 0 Å². The van der Waals surface area contributed by atoms with Crippen LogP contribution in [-0.4, -0.2) is 22.0 Å². The van der Waals surface area contributed by atoms with Crippen molar-refractivity contribution in [1.82, 2.24) is 15.3 Å². The van der Waals surface area contributed by atoms with E-state index in [1.807, 2.05) is 26.0 Å². The van der Waals surface area contributed by atoms with Crippen LogP contribution >= 0.6 is 11.3 Å². The van der Waals surface area contributed by atoms with E-state index in [0.29, 0.717) is 18.1 Å². The maximum absolute atomic E-state index is 11.8. The third-order valence-electron chi connectivity index (χ3n) is 2.30. The minimum atomic E-state index is -0.194. The van der Waals surface area contributed by atoms with Gasteiger partial charge in [-0.15, -0.1) is 11.3 Å². The fraction of sp³-hybridized carbons (Fsp3) is 0.308. The lowest BCUT2D eigenvalue weighted by molar-refractivity contribution is 0.0946. The first kappa shape index (κ1) is 13.5. The summed E-state index contributed by atoms with van der Waals surface area (Å²) in [6.07, 6.45) is 1.71. The van der Waals surface area contributed by atoms with Gasteiger partial charge in [0, 0.05) is 23.7 Å². The maximum Gasteiger partial charge on any atom is 0.271 e. The van der Waals surface area contributed by atoms with Crippen molar-refractivity contribution in [3.8, 4) is 5.88 Å². The summed E-state index contributed by atoms with van der Waals surface area (Å²) < 4.78 is 5.59. The van der Waals surface area contributed by atoms with Crippen molar-refractivity contribution in [2.75, 3.05) is 0 Å². The molecule has 0 bridgehead atoms. The van der Waals surface area contributed by atoms with Crippen molar-refractivity contribution in [2.24, 2.45) is 0 Å². The fourth-order valence-electron chi connectivity index (χ4n) is 1.48. The molecule has 2 aromatic rings. The average molecular weight is 277 g/mol. The summed E-state index contributed by atoms with van der Waals surface area (Å²) in [5.41, 5.74) is 2.91. The molecule has 6 heteroatoms. The smallest absolute Gasteiger partial charge is 0.271 e. The molecule has 100 valence electrons. The Labute approximate surface area is 115 Å². The number of ether oxygens (including phenoxy) is 1. The molecule has 0 radical (unpaired) electrons. The Morgan fingerprint density at radius 1 is 1.47 bits per heavy atom. The highest BCUT2D eigenvalue weighted by Crippen LogP contribution is 2.15. The second-order valence-corrected chi connectivity index (χ2v) is 4.91. The van der Waals surface area contributed by atoms with Gasteiger partial charge in [0.15, 0.2) is 0 Å². The Morgan fingerprint density at radius 3 is 3.00 bits per heavy atom. The number of carbonyl (C=O) groups is 1. The summed E-state index contributed by atoms with van der Waals surface area (Å²) in [5, 5.41) is 4.51. The van der Waals surface area contributed by atoms with E-state index < -0.39 is 0 Å². The predicted octanol–water partition coefficient (Wildman–Crippen LogP) is 2.26. The first-order valence-corrected chi connectivity index (χ1v) is 6.88. The SMILES string of the molecule is CC(C)Oc1ncccc1CNC(=O)c1cscn1. The van der Waals surface area contributed by atoms with Crippen LogP contribution in [0.15, 0.2) is 29.2 Å². The Kier molecular flexibility index (Phi) is 4.46. The molecular weight excluding hydrogens is 262 g/mol. The number of carbonyl (C=O) groups excluding carboxylic acids is 1. The zero-order valence-electron chi connectivity index (χ0n) is 10.8. The van der Waals surface area contributed by atoms with Crippen LogP contribution in [0.2, 0.25) is 0 Å². The molecule has 0 unspecified atom stereocenters. The van der Waals surface area contributed by atoms with Crippen molar-refractivity contribution in [3.05, 3.63) is 40.5 Å². The molecule has 0 fully saturated rings. The number of hydrogen-bond acceptors (Lipinski definition) is 5. The summed E-state index contributed by atoms with van der Waals surface area (Å²) in [6.45, 7) is 4.24. The molecule has 0 aromatic carbocycles. The van der Waals surface area contributed by atoms with Gasteiger partial charge >= 0.3 is 0 Å². The van der Waals surface area contributed by atoms with Crippen molar-refractivity contribution >= 4 is 17.2 Å². The molecule has 0 atom stereocenters. The van der Waals surface area contributed by atoms with E-state index in [2.05, 4.69) is 15.3 Å². The van der Waals surface area contributed by atoms with Crippen LogP contribution in [0.5, 0.6) is 5.88 Å². The highest BCUT2D eigenvalue weighted by atomic mass is 32.1. The molecule has 0 spiro atoms. The van der Waals surface area contributed by atoms with Gasteiger partial charge in [0.1, 0.15) is 5.69 Å². The quantitative estimate of drug-likeness (QED) is 0.910. The van der Waals surface area contributed by atoms with Gasteiger partial charge in [-0.05, 0) is 19.9 Å². The van der Waals surface area contributed by atoms with Gasteiger partial charge in [0.05, 0.1) is 11.6 Å². The molecule has 0 saturated heterocycles. The van der Waals surface area contributed by atoms with Gasteiger partial charge in [0.2, 0.25) is 5.88 Å². The molecule has 1 N–H and O–H groups in total. The molecule has 0 aliphatic carbocycles. The first-order chi connectivity index (χ1) is 9.16. The van der Waals surface area contributed by atoms with Gasteiger partial charge < -0.3 is 10.1 Å². The normalized spacial score (nSPS) is 10.5. The maximum atomic E-state index is 11.8. The topological polar surface area (TPSA) is 64.1 Å². The summed E-state index contributed by atoms with van der Waals surface area (Å²) in [5.74, 6) is 0.358. The Morgan fingerprint density at radius 2 is 2.32 bits per heavy atom. The number of pyridine rings is 1. The summed E-state index contributed by atoms with van der Waals surface area (Å²) in [6, 6.07) is 3.70. The largest absolute Gasteiger partial charge is 0.475 e. The van der Waals surface area contributed by atoms with Crippen LogP contribution in [0, 0.1) is 0 Å². The highest BCUT2D eigenvalue weighted by Gasteiger charge is 2.10. The van der Waals surface area contributed by atoms with Crippen LogP contribution < -0.4 is 10.1 Å². The van der Waals surface area contributed by atoms with Crippen molar-refractivity contribution in [3.63, 3.8) is 0 Å². The lowest BCUT2D eigenvalue weighted by atomic mass is 10.2. The molecular formula is C13H15N3O2S. The highest BCUT2D eigenvalue weighted by molar-refractivity contribution is 7.07. The zero-order chi connectivity index (χ0) is 13.7. The van der Waals surface area contributed by atoms with Crippen LogP contribution in [0.1, 0.15) is 29.9 Å². The zero-order valence-corrected chi connectivity index (χ0v) is 11.6. The Bertz CT molecular complexity index is 541. The van der Waals surface area contributed by atoms with Gasteiger partial charge in [-0.25, -0.2) is 9.97 Å². The second-order valence-electron chi connectivity index (χ2n) is 4.19. The molecule has 1 amide bonds. The van der Waals surface area contributed by atoms with Crippen LogP contribution in [-0.2, 0) is 6.54 Å². The standard InChI is InChI=1S/C13H15N3O2S/c1-9(2)18-13-10(4-3-5-14-13)6-15-12(17)11-7-19-8-16-11/h3-5,7-9H,6H2,1-2H3,(H,15,17). The number of nitrogens with zero attached hydrogens (tertiary/aromatic N) is 2. The van der Waals surface area contributed by atoms with E-state index in [4.69, 9.17) is 4.74 Å². The number of nitrogens with one attached hydrogen (secondary N) is 1. The number of rotatable bonds is 5. The lowest BCUT2D eigenvalue weighted by Gasteiger charge is -2.12. The van der Waals surface area contributed by atoms with E-state index in [1.54, 1.807) is 17.1 Å². The van der Waals surface area contributed by atoms with E-state index in [9.17, 15) is 4.79 Å². The third-order valence-corrected chi connectivity index (χ3v) is 2.89. The molecule has 2 rings (SSSR count).